The predicted octanol–water partition coefficient (Wildman–Crippen LogP) is 3.02. The lowest BCUT2D eigenvalue weighted by Gasteiger charge is -2.29. The molecule has 0 saturated heterocycles. The van der Waals surface area contributed by atoms with Crippen molar-refractivity contribution in [3.05, 3.63) is 60.2 Å². The number of hydrogen-bond acceptors (Lipinski definition) is 7. The maximum atomic E-state index is 12.6. The molecule has 1 N–H and O–H groups in total. The molecule has 3 heterocycles. The van der Waals surface area contributed by atoms with Crippen LogP contribution in [0.1, 0.15) is 22.3 Å². The van der Waals surface area contributed by atoms with Crippen molar-refractivity contribution in [1.29, 1.82) is 0 Å². The number of methoxy groups -OCH3 is 1. The third kappa shape index (κ3) is 4.77. The quantitative estimate of drug-likeness (QED) is 0.540. The summed E-state index contributed by atoms with van der Waals surface area (Å²) in [5, 5.41) is 3.00. The molecular formula is C23H23FN4O4. The summed E-state index contributed by atoms with van der Waals surface area (Å²) in [6, 6.07) is 7.03. The van der Waals surface area contributed by atoms with Gasteiger partial charge in [0.2, 0.25) is 0 Å². The van der Waals surface area contributed by atoms with Gasteiger partial charge in [-0.25, -0.2) is 9.97 Å². The largest absolute Gasteiger partial charge is 0.493 e. The first-order valence-electron chi connectivity index (χ1n) is 10.2. The molecule has 9 heteroatoms. The summed E-state index contributed by atoms with van der Waals surface area (Å²) in [6.07, 6.45) is 7.22. The Morgan fingerprint density at radius 1 is 1.25 bits per heavy atom. The Morgan fingerprint density at radius 2 is 2.09 bits per heavy atom. The molecule has 1 aromatic carbocycles. The van der Waals surface area contributed by atoms with Crippen molar-refractivity contribution in [3.8, 4) is 28.6 Å². The number of nitrogens with zero attached hydrogens (tertiary/aromatic N) is 3. The number of amides is 1. The molecule has 4 rings (SSSR count). The lowest BCUT2D eigenvalue weighted by atomic mass is 9.93. The monoisotopic (exact) mass is 438 g/mol. The number of fused-ring (bicyclic) bond motifs is 1. The Kier molecular flexibility index (Phi) is 6.74. The fraction of sp³-hybridized carbons (Fsp3) is 0.304. The van der Waals surface area contributed by atoms with E-state index < -0.39 is 6.67 Å². The van der Waals surface area contributed by atoms with Gasteiger partial charge >= 0.3 is 6.01 Å². The molecule has 1 amide bonds. The Morgan fingerprint density at radius 3 is 2.81 bits per heavy atom. The molecule has 166 valence electrons. The van der Waals surface area contributed by atoms with Crippen LogP contribution in [0.2, 0.25) is 0 Å². The van der Waals surface area contributed by atoms with Crippen LogP contribution in [0.5, 0.6) is 17.5 Å². The second-order valence-electron chi connectivity index (χ2n) is 7.19. The van der Waals surface area contributed by atoms with Gasteiger partial charge in [-0.3, -0.25) is 14.2 Å². The summed E-state index contributed by atoms with van der Waals surface area (Å²) in [6.45, 7) is 0.110. The number of pyridine rings is 1. The van der Waals surface area contributed by atoms with Gasteiger partial charge in [0.15, 0.2) is 0 Å². The van der Waals surface area contributed by atoms with Gasteiger partial charge in [-0.15, -0.1) is 0 Å². The molecule has 8 nitrogen and oxygen atoms in total. The lowest BCUT2D eigenvalue weighted by molar-refractivity contribution is 0.0915. The first kappa shape index (κ1) is 21.5. The number of alkyl halides is 1. The molecule has 1 aliphatic heterocycles. The van der Waals surface area contributed by atoms with Crippen LogP contribution in [0, 0.1) is 0 Å². The molecular weight excluding hydrogens is 415 g/mol. The maximum Gasteiger partial charge on any atom is 0.316 e. The molecule has 1 aliphatic rings. The van der Waals surface area contributed by atoms with Gasteiger partial charge in [0.05, 0.1) is 32.0 Å². The highest BCUT2D eigenvalue weighted by Crippen LogP contribution is 2.41. The van der Waals surface area contributed by atoms with Crippen molar-refractivity contribution in [2.75, 3.05) is 27.0 Å². The normalized spacial score (nSPS) is 14.8. The van der Waals surface area contributed by atoms with Gasteiger partial charge in [0, 0.05) is 54.3 Å². The molecule has 2 aromatic heterocycles. The van der Waals surface area contributed by atoms with E-state index in [2.05, 4.69) is 20.3 Å². The Balaban J connectivity index is 1.64. The topological polar surface area (TPSA) is 95.5 Å². The molecule has 32 heavy (non-hydrogen) atoms. The second-order valence-corrected chi connectivity index (χ2v) is 7.19. The summed E-state index contributed by atoms with van der Waals surface area (Å²) < 4.78 is 29.5. The van der Waals surface area contributed by atoms with Crippen LogP contribution in [-0.2, 0) is 6.42 Å². The van der Waals surface area contributed by atoms with E-state index in [-0.39, 0.29) is 31.0 Å². The van der Waals surface area contributed by atoms with E-state index in [9.17, 15) is 9.18 Å². The highest BCUT2D eigenvalue weighted by molar-refractivity contribution is 5.94. The first-order valence-corrected chi connectivity index (χ1v) is 10.2. The van der Waals surface area contributed by atoms with Crippen LogP contribution in [0.15, 0.2) is 49.1 Å². The number of nitrogens with one attached hydrogen (secondary N) is 1. The van der Waals surface area contributed by atoms with Crippen molar-refractivity contribution in [2.45, 2.75) is 18.9 Å². The number of halogens is 1. The molecule has 0 radical (unpaired) electrons. The van der Waals surface area contributed by atoms with E-state index >= 15 is 0 Å². The van der Waals surface area contributed by atoms with Crippen molar-refractivity contribution >= 4 is 5.91 Å². The van der Waals surface area contributed by atoms with E-state index in [0.717, 1.165) is 11.1 Å². The maximum absolute atomic E-state index is 12.6. The third-order valence-electron chi connectivity index (χ3n) is 5.02. The fourth-order valence-electron chi connectivity index (χ4n) is 3.52. The van der Waals surface area contributed by atoms with Crippen LogP contribution >= 0.6 is 0 Å². The lowest BCUT2D eigenvalue weighted by Crippen LogP contribution is -2.42. The summed E-state index contributed by atoms with van der Waals surface area (Å²) in [5.74, 6) is 1.05. The minimum absolute atomic E-state index is 0.222. The summed E-state index contributed by atoms with van der Waals surface area (Å²) in [5.41, 5.74) is 2.80. The molecule has 1 atom stereocenters. The Hall–Kier alpha value is -3.75. The Bertz CT molecular complexity index is 1060. The highest BCUT2D eigenvalue weighted by Gasteiger charge is 2.27. The molecule has 0 saturated carbocycles. The minimum Gasteiger partial charge on any atom is -0.493 e. The fourth-order valence-corrected chi connectivity index (χ4v) is 3.52. The van der Waals surface area contributed by atoms with E-state index in [1.165, 1.54) is 13.3 Å². The van der Waals surface area contributed by atoms with Crippen molar-refractivity contribution < 1.29 is 23.4 Å². The van der Waals surface area contributed by atoms with Crippen LogP contribution in [0.3, 0.4) is 0 Å². The summed E-state index contributed by atoms with van der Waals surface area (Å²) >= 11 is 0. The number of rotatable bonds is 8. The van der Waals surface area contributed by atoms with E-state index in [0.29, 0.717) is 35.7 Å². The van der Waals surface area contributed by atoms with Gasteiger partial charge in [0.1, 0.15) is 18.1 Å². The number of carbonyl (C=O) groups excluding carboxylic acids is 1. The summed E-state index contributed by atoms with van der Waals surface area (Å²) in [7, 11) is 1.49. The molecule has 0 spiro atoms. The highest BCUT2D eigenvalue weighted by atomic mass is 19.1. The average molecular weight is 438 g/mol. The van der Waals surface area contributed by atoms with Crippen LogP contribution in [0.4, 0.5) is 4.39 Å². The molecule has 0 aliphatic carbocycles. The van der Waals surface area contributed by atoms with E-state index in [1.807, 2.05) is 6.07 Å². The van der Waals surface area contributed by atoms with Gasteiger partial charge in [-0.1, -0.05) is 0 Å². The zero-order valence-corrected chi connectivity index (χ0v) is 17.6. The molecule has 0 bridgehead atoms. The zero-order valence-electron chi connectivity index (χ0n) is 17.6. The molecule has 0 unspecified atom stereocenters. The average Bonchev–Trinajstić information content (AvgIpc) is 2.84. The number of hydrogen-bond donors (Lipinski definition) is 1. The standard InChI is InChI=1S/C23H23FN4O4/c1-30-23-26-12-16(13-27-23)21-18-10-17(28-22(29)15-4-2-8-25-11-15)14-32-19(18)5-6-20(21)31-9-3-7-24/h2,4-6,8,11-13,17H,3,7,9-10,14H2,1H3,(H,28,29)/t17-/m0/s1. The second kappa shape index (κ2) is 10.0. The smallest absolute Gasteiger partial charge is 0.316 e. The van der Waals surface area contributed by atoms with Crippen molar-refractivity contribution in [3.63, 3.8) is 0 Å². The van der Waals surface area contributed by atoms with Crippen LogP contribution in [0.25, 0.3) is 11.1 Å². The third-order valence-corrected chi connectivity index (χ3v) is 5.02. The van der Waals surface area contributed by atoms with Gasteiger partial charge in [-0.2, -0.15) is 0 Å². The Labute approximate surface area is 184 Å². The van der Waals surface area contributed by atoms with Crippen molar-refractivity contribution in [2.24, 2.45) is 0 Å². The van der Waals surface area contributed by atoms with Gasteiger partial charge < -0.3 is 19.5 Å². The number of ether oxygens (including phenoxy) is 3. The number of benzene rings is 1. The number of carbonyl (C=O) groups is 1. The first-order chi connectivity index (χ1) is 15.7. The number of aromatic nitrogens is 3. The summed E-state index contributed by atoms with van der Waals surface area (Å²) in [4.78, 5) is 25.0. The van der Waals surface area contributed by atoms with E-state index in [1.54, 1.807) is 36.8 Å². The predicted molar refractivity (Wildman–Crippen MR) is 115 cm³/mol. The van der Waals surface area contributed by atoms with Crippen LogP contribution in [-0.4, -0.2) is 53.9 Å². The van der Waals surface area contributed by atoms with E-state index in [4.69, 9.17) is 14.2 Å². The SMILES string of the molecule is COc1ncc(-c2c(OCCCF)ccc3c2C[C@H](NC(=O)c2cccnc2)CO3)cn1. The minimum atomic E-state index is -0.461. The molecule has 3 aromatic rings. The van der Waals surface area contributed by atoms with Gasteiger partial charge in [-0.05, 0) is 24.3 Å². The van der Waals surface area contributed by atoms with Crippen molar-refractivity contribution in [1.82, 2.24) is 20.3 Å². The van der Waals surface area contributed by atoms with Crippen LogP contribution < -0.4 is 19.5 Å². The molecule has 0 fully saturated rings. The zero-order chi connectivity index (χ0) is 22.3. The van der Waals surface area contributed by atoms with Gasteiger partial charge in [0.25, 0.3) is 5.91 Å².